The molecule has 0 atom stereocenters. The number of nitrogens with zero attached hydrogens (tertiary/aromatic N) is 2. The lowest BCUT2D eigenvalue weighted by Gasteiger charge is -2.36. The predicted octanol–water partition coefficient (Wildman–Crippen LogP) is 9.62. The maximum atomic E-state index is 12.1. The zero-order chi connectivity index (χ0) is 45.7. The summed E-state index contributed by atoms with van der Waals surface area (Å²) in [6, 6.07) is 11.4. The second-order valence-corrected chi connectivity index (χ2v) is 27.6. The molecule has 0 N–H and O–H groups in total. The molecule has 58 heavy (non-hydrogen) atoms. The van der Waals surface area contributed by atoms with Gasteiger partial charge in [-0.25, -0.2) is 12.8 Å². The van der Waals surface area contributed by atoms with Gasteiger partial charge in [0, 0.05) is 30.3 Å². The Morgan fingerprint density at radius 2 is 1.16 bits per heavy atom. The van der Waals surface area contributed by atoms with Gasteiger partial charge in [-0.2, -0.15) is 34.8 Å². The zero-order valence-corrected chi connectivity index (χ0v) is 36.1. The number of fused-ring (bicyclic) bond motifs is 2. The maximum Gasteiger partial charge on any atom is 0.522 e. The Balaban J connectivity index is 0.000000406. The van der Waals surface area contributed by atoms with Crippen molar-refractivity contribution < 1.29 is 74.7 Å². The van der Waals surface area contributed by atoms with Crippen LogP contribution >= 0.6 is 0 Å². The number of halogens is 6. The van der Waals surface area contributed by atoms with Crippen LogP contribution < -0.4 is 9.85 Å². The van der Waals surface area contributed by atoms with E-state index >= 15 is 0 Å². The van der Waals surface area contributed by atoms with Gasteiger partial charge in [0.25, 0.3) is 19.7 Å². The van der Waals surface area contributed by atoms with Gasteiger partial charge >= 0.3 is 33.0 Å². The van der Waals surface area contributed by atoms with Crippen LogP contribution in [-0.4, -0.2) is 58.9 Å². The Morgan fingerprint density at radius 1 is 0.707 bits per heavy atom. The summed E-state index contributed by atoms with van der Waals surface area (Å²) in [5.41, 5.74) is -10.4. The monoisotopic (exact) mass is 910 g/mol. The fraction of sp³-hybridized carbons (Fsp3) is 0.438. The van der Waals surface area contributed by atoms with Crippen LogP contribution in [0.1, 0.15) is 41.5 Å². The smallest absolute Gasteiger partial charge is 0.522 e. The molecule has 2 aromatic carbocycles. The number of non-ortho nitro benzene ring substituents is 2. The van der Waals surface area contributed by atoms with Gasteiger partial charge in [0.05, 0.1) is 33.6 Å². The third kappa shape index (κ3) is 14.1. The van der Waals surface area contributed by atoms with Crippen LogP contribution in [-0.2, 0) is 24.1 Å². The average Bonchev–Trinajstić information content (AvgIpc) is 3.02. The van der Waals surface area contributed by atoms with Crippen LogP contribution in [0.25, 0.3) is 21.9 Å². The van der Waals surface area contributed by atoms with Crippen LogP contribution in [0, 0.1) is 20.2 Å². The molecule has 324 valence electrons. The van der Waals surface area contributed by atoms with Crippen molar-refractivity contribution in [3.05, 3.63) is 91.5 Å². The molecular formula is C32H40F6N2O14S2Si2. The first kappa shape index (κ1) is 51.5. The summed E-state index contributed by atoms with van der Waals surface area (Å²) < 4.78 is 138. The second-order valence-electron chi connectivity index (χ2n) is 15.0. The van der Waals surface area contributed by atoms with Gasteiger partial charge in [0.2, 0.25) is 8.32 Å². The van der Waals surface area contributed by atoms with Crippen molar-refractivity contribution >= 4 is 70.2 Å². The van der Waals surface area contributed by atoms with Crippen molar-refractivity contribution in [2.75, 3.05) is 0 Å². The minimum atomic E-state index is -6.09. The van der Waals surface area contributed by atoms with E-state index in [1.807, 2.05) is 0 Å². The quantitative estimate of drug-likeness (QED) is 0.0333. The molecule has 16 nitrogen and oxygen atoms in total. The Bertz CT molecular complexity index is 2390. The number of nitro benzene ring substituents is 2. The fourth-order valence-corrected chi connectivity index (χ4v) is 7.94. The Hall–Kier alpha value is -4.51. The average molecular weight is 911 g/mol. The van der Waals surface area contributed by atoms with Gasteiger partial charge in [-0.1, -0.05) is 41.5 Å². The van der Waals surface area contributed by atoms with E-state index in [1.165, 1.54) is 55.8 Å². The van der Waals surface area contributed by atoms with Gasteiger partial charge in [0.1, 0.15) is 16.7 Å². The molecule has 0 bridgehead atoms. The zero-order valence-electron chi connectivity index (χ0n) is 32.5. The molecule has 0 fully saturated rings. The topological polar surface area (TPSA) is 238 Å². The van der Waals surface area contributed by atoms with Crippen molar-refractivity contribution in [2.45, 2.75) is 88.8 Å². The summed E-state index contributed by atoms with van der Waals surface area (Å²) in [5.74, 6) is 0.645. The molecular weight excluding hydrogens is 871 g/mol. The van der Waals surface area contributed by atoms with Crippen molar-refractivity contribution in [1.82, 2.24) is 0 Å². The highest BCUT2D eigenvalue weighted by atomic mass is 32.2. The van der Waals surface area contributed by atoms with Crippen LogP contribution in [0.5, 0.6) is 5.75 Å². The normalized spacial score (nSPS) is 12.9. The standard InChI is InChI=1S/C15H20NO4Si.C9H5NO4.C7H15F3O3SSi.CHF3O3S/c1-15(2,3)21(4,5)20-14-8-9-19-13-7-6-11(16(17)18)10-12(13)14;11-8-3-4-14-9-2-1-6(10(12)13)5-7(8)9;1-6(2,3)15(4,5)13-14(11,12)7(8,9)10;2-1(3,4)8(5,6)7/h6-10H,1-5H3;1-5H;1-5H3;(H,5,6,7)/q+1;;;/p-1. The van der Waals surface area contributed by atoms with Crippen LogP contribution in [0.15, 0.2) is 74.7 Å². The lowest BCUT2D eigenvalue weighted by Crippen LogP contribution is -2.45. The number of rotatable bonds is 6. The molecule has 2 aromatic heterocycles. The largest absolute Gasteiger partial charge is 0.741 e. The first-order valence-corrected chi connectivity index (χ1v) is 24.8. The van der Waals surface area contributed by atoms with Crippen LogP contribution in [0.3, 0.4) is 0 Å². The summed E-state index contributed by atoms with van der Waals surface area (Å²) in [6.45, 7) is 18.6. The molecule has 0 amide bonds. The van der Waals surface area contributed by atoms with Crippen molar-refractivity contribution in [2.24, 2.45) is 0 Å². The summed E-state index contributed by atoms with van der Waals surface area (Å²) in [5, 5.41) is 21.7. The van der Waals surface area contributed by atoms with Crippen molar-refractivity contribution in [3.63, 3.8) is 0 Å². The van der Waals surface area contributed by atoms with Crippen molar-refractivity contribution in [1.29, 1.82) is 0 Å². The first-order valence-electron chi connectivity index (χ1n) is 16.1. The Morgan fingerprint density at radius 3 is 1.57 bits per heavy atom. The molecule has 0 aliphatic rings. The molecule has 2 heterocycles. The summed E-state index contributed by atoms with van der Waals surface area (Å²) in [7, 11) is -16.5. The van der Waals surface area contributed by atoms with E-state index in [2.05, 4.69) is 37.7 Å². The van der Waals surface area contributed by atoms with Gasteiger partial charge < -0.3 is 17.3 Å². The van der Waals surface area contributed by atoms with Crippen LogP contribution in [0.4, 0.5) is 37.7 Å². The highest BCUT2D eigenvalue weighted by Crippen LogP contribution is 2.41. The number of alkyl halides is 6. The van der Waals surface area contributed by atoms with Crippen LogP contribution in [0.2, 0.25) is 36.3 Å². The van der Waals surface area contributed by atoms with E-state index in [9.17, 15) is 59.8 Å². The predicted molar refractivity (Wildman–Crippen MR) is 203 cm³/mol. The third-order valence-corrected chi connectivity index (χ3v) is 20.2. The van der Waals surface area contributed by atoms with Gasteiger partial charge in [-0.3, -0.25) is 25.0 Å². The highest BCUT2D eigenvalue weighted by Gasteiger charge is 2.53. The molecule has 0 unspecified atom stereocenters. The number of nitro groups is 2. The maximum absolute atomic E-state index is 12.1. The summed E-state index contributed by atoms with van der Waals surface area (Å²) in [4.78, 5) is 31.7. The summed E-state index contributed by atoms with van der Waals surface area (Å²) >= 11 is 0. The Kier molecular flexibility index (Phi) is 16.1. The SMILES string of the molecule is CC(C)(C)[Si](C)(C)OS(=O)(=O)C(F)(F)F.CC(C)(C)[Si](C)(C)Oc1cc[o+]c2ccc([N+](=O)[O-])cc12.O=S(=O)([O-])C(F)(F)F.O=c1ccoc2ccc([N+](=O)[O-])cc12. The van der Waals surface area contributed by atoms with E-state index in [4.69, 9.17) is 26.2 Å². The minimum Gasteiger partial charge on any atom is -0.741 e. The lowest BCUT2D eigenvalue weighted by molar-refractivity contribution is -0.384. The van der Waals surface area contributed by atoms with Gasteiger partial charge in [-0.05, 0) is 42.3 Å². The fourth-order valence-electron chi connectivity index (χ4n) is 3.34. The molecule has 0 spiro atoms. The number of hydrogen-bond acceptors (Lipinski definition) is 13. The molecule has 26 heteroatoms. The molecule has 0 saturated heterocycles. The first-order chi connectivity index (χ1) is 25.8. The van der Waals surface area contributed by atoms with Gasteiger partial charge in [0.15, 0.2) is 15.5 Å². The van der Waals surface area contributed by atoms with E-state index in [1.54, 1.807) is 39.2 Å². The lowest BCUT2D eigenvalue weighted by atomic mass is 10.2. The third-order valence-electron chi connectivity index (χ3n) is 8.57. The second kappa shape index (κ2) is 18.2. The van der Waals surface area contributed by atoms with Gasteiger partial charge in [-0.15, -0.1) is 0 Å². The molecule has 0 saturated carbocycles. The molecule has 0 radical (unpaired) electrons. The molecule has 0 aliphatic heterocycles. The Labute approximate surface area is 330 Å². The number of benzene rings is 2. The molecule has 4 aromatic rings. The van der Waals surface area contributed by atoms with E-state index in [0.29, 0.717) is 22.3 Å². The van der Waals surface area contributed by atoms with E-state index < -0.39 is 62.8 Å². The number of hydrogen-bond donors (Lipinski definition) is 0. The van der Waals surface area contributed by atoms with Crippen molar-refractivity contribution in [3.8, 4) is 5.75 Å². The minimum absolute atomic E-state index is 0.0315. The molecule has 4 rings (SSSR count). The molecule has 0 aliphatic carbocycles. The highest BCUT2D eigenvalue weighted by molar-refractivity contribution is 7.88. The van der Waals surface area contributed by atoms with E-state index in [0.717, 1.165) is 0 Å². The summed E-state index contributed by atoms with van der Waals surface area (Å²) in [6.07, 6.45) is 2.81. The van der Waals surface area contributed by atoms with E-state index in [-0.39, 0.29) is 27.2 Å².